The molecule has 2 aliphatic rings. The van der Waals surface area contributed by atoms with E-state index in [-0.39, 0.29) is 18.1 Å². The highest BCUT2D eigenvalue weighted by molar-refractivity contribution is 6.33. The molecule has 0 spiro atoms. The standard InChI is InChI=1S/C23H35ClN4O5/c1-3-9-33-23(30)28-6-4-16(5-7-28)14-27-8-10-32-17(15-27)13-26-22(29)18-11-19(24)20(25)12-21(18)31-2/h11-12,16-17H,3-10,13-15,25H2,1-2H3,(H,26,29). The topological polar surface area (TPSA) is 106 Å². The van der Waals surface area contributed by atoms with Gasteiger partial charge in [0.15, 0.2) is 0 Å². The second-order valence-corrected chi connectivity index (χ2v) is 8.99. The van der Waals surface area contributed by atoms with Crippen molar-refractivity contribution in [2.45, 2.75) is 32.3 Å². The summed E-state index contributed by atoms with van der Waals surface area (Å²) in [6, 6.07) is 3.06. The third-order valence-corrected chi connectivity index (χ3v) is 6.42. The molecule has 2 amide bonds. The van der Waals surface area contributed by atoms with Gasteiger partial charge in [0.1, 0.15) is 5.75 Å². The van der Waals surface area contributed by atoms with Crippen LogP contribution in [0.15, 0.2) is 12.1 Å². The molecule has 2 fully saturated rings. The molecule has 9 nitrogen and oxygen atoms in total. The van der Waals surface area contributed by atoms with E-state index in [0.717, 1.165) is 52.0 Å². The minimum absolute atomic E-state index is 0.0953. The lowest BCUT2D eigenvalue weighted by molar-refractivity contribution is -0.0334. The Kier molecular flexibility index (Phi) is 9.46. The molecule has 3 rings (SSSR count). The van der Waals surface area contributed by atoms with Crippen molar-refractivity contribution < 1.29 is 23.8 Å². The van der Waals surface area contributed by atoms with E-state index in [0.29, 0.717) is 47.7 Å². The molecule has 2 heterocycles. The van der Waals surface area contributed by atoms with E-state index in [1.807, 2.05) is 11.8 Å². The summed E-state index contributed by atoms with van der Waals surface area (Å²) in [6.07, 6.45) is 2.48. The molecule has 0 aromatic heterocycles. The lowest BCUT2D eigenvalue weighted by Crippen LogP contribution is -2.50. The molecule has 1 atom stereocenters. The lowest BCUT2D eigenvalue weighted by atomic mass is 9.96. The van der Waals surface area contributed by atoms with Gasteiger partial charge >= 0.3 is 6.09 Å². The highest BCUT2D eigenvalue weighted by atomic mass is 35.5. The first-order chi connectivity index (χ1) is 15.9. The number of rotatable bonds is 8. The fraction of sp³-hybridized carbons (Fsp3) is 0.652. The molecule has 3 N–H and O–H groups in total. The van der Waals surface area contributed by atoms with Gasteiger partial charge in [0.05, 0.1) is 42.7 Å². The van der Waals surface area contributed by atoms with Gasteiger partial charge in [0.2, 0.25) is 0 Å². The molecule has 0 saturated carbocycles. The molecule has 2 saturated heterocycles. The molecule has 2 aliphatic heterocycles. The zero-order valence-electron chi connectivity index (χ0n) is 19.5. The summed E-state index contributed by atoms with van der Waals surface area (Å²) in [4.78, 5) is 28.9. The van der Waals surface area contributed by atoms with Crippen molar-refractivity contribution >= 4 is 29.3 Å². The second-order valence-electron chi connectivity index (χ2n) is 8.58. The summed E-state index contributed by atoms with van der Waals surface area (Å²) in [5, 5.41) is 3.23. The van der Waals surface area contributed by atoms with E-state index in [1.165, 1.54) is 13.2 Å². The number of nitrogens with two attached hydrogens (primary N) is 1. The van der Waals surface area contributed by atoms with E-state index < -0.39 is 0 Å². The Morgan fingerprint density at radius 3 is 2.73 bits per heavy atom. The van der Waals surface area contributed by atoms with Gasteiger partial charge in [0.25, 0.3) is 5.91 Å². The lowest BCUT2D eigenvalue weighted by Gasteiger charge is -2.38. The van der Waals surface area contributed by atoms with Crippen LogP contribution in [-0.2, 0) is 9.47 Å². The highest BCUT2D eigenvalue weighted by Gasteiger charge is 2.28. The van der Waals surface area contributed by atoms with Gasteiger partial charge in [0, 0.05) is 45.3 Å². The minimum Gasteiger partial charge on any atom is -0.496 e. The number of amides is 2. The summed E-state index contributed by atoms with van der Waals surface area (Å²) >= 11 is 6.08. The maximum absolute atomic E-state index is 12.7. The predicted octanol–water partition coefficient (Wildman–Crippen LogP) is 2.62. The molecular formula is C23H35ClN4O5. The minimum atomic E-state index is -0.281. The Bertz CT molecular complexity index is 816. The molecule has 33 heavy (non-hydrogen) atoms. The number of benzene rings is 1. The van der Waals surface area contributed by atoms with E-state index in [4.69, 9.17) is 31.5 Å². The number of ether oxygens (including phenoxy) is 3. The van der Waals surface area contributed by atoms with Crippen LogP contribution in [0, 0.1) is 5.92 Å². The van der Waals surface area contributed by atoms with Crippen LogP contribution in [-0.4, -0.2) is 87.5 Å². The number of halogens is 1. The van der Waals surface area contributed by atoms with E-state index >= 15 is 0 Å². The zero-order valence-corrected chi connectivity index (χ0v) is 20.2. The van der Waals surface area contributed by atoms with E-state index in [1.54, 1.807) is 6.07 Å². The normalized spacial score (nSPS) is 19.8. The van der Waals surface area contributed by atoms with Gasteiger partial charge in [-0.15, -0.1) is 0 Å². The smallest absolute Gasteiger partial charge is 0.409 e. The average Bonchev–Trinajstić information content (AvgIpc) is 2.83. The molecular weight excluding hydrogens is 448 g/mol. The third-order valence-electron chi connectivity index (χ3n) is 6.10. The van der Waals surface area contributed by atoms with Gasteiger partial charge in [-0.05, 0) is 31.2 Å². The van der Waals surface area contributed by atoms with Crippen LogP contribution >= 0.6 is 11.6 Å². The molecule has 1 aromatic rings. The number of piperidine rings is 1. The Hall–Kier alpha value is -2.23. The van der Waals surface area contributed by atoms with Crippen molar-refractivity contribution in [1.82, 2.24) is 15.1 Å². The van der Waals surface area contributed by atoms with Gasteiger partial charge in [-0.1, -0.05) is 18.5 Å². The maximum atomic E-state index is 12.7. The van der Waals surface area contributed by atoms with Crippen molar-refractivity contribution in [2.75, 3.05) is 65.3 Å². The number of carbonyl (C=O) groups excluding carboxylic acids is 2. The van der Waals surface area contributed by atoms with Gasteiger partial charge in [-0.2, -0.15) is 0 Å². The van der Waals surface area contributed by atoms with Gasteiger partial charge in [-0.3, -0.25) is 9.69 Å². The fourth-order valence-electron chi connectivity index (χ4n) is 4.23. The molecule has 10 heteroatoms. The summed E-state index contributed by atoms with van der Waals surface area (Å²) in [5.41, 5.74) is 6.50. The number of anilines is 1. The van der Waals surface area contributed by atoms with Crippen molar-refractivity contribution in [2.24, 2.45) is 5.92 Å². The quantitative estimate of drug-likeness (QED) is 0.548. The summed E-state index contributed by atoms with van der Waals surface area (Å²) in [6.45, 7) is 7.54. The number of carbonyl (C=O) groups is 2. The number of hydrogen-bond donors (Lipinski definition) is 2. The molecule has 1 aromatic carbocycles. The fourth-order valence-corrected chi connectivity index (χ4v) is 4.39. The van der Waals surface area contributed by atoms with Crippen molar-refractivity contribution in [3.63, 3.8) is 0 Å². The Morgan fingerprint density at radius 2 is 2.03 bits per heavy atom. The number of likely N-dealkylation sites (tertiary alicyclic amines) is 1. The third kappa shape index (κ3) is 7.12. The SMILES string of the molecule is CCCOC(=O)N1CCC(CN2CCOC(CNC(=O)c3cc(Cl)c(N)cc3OC)C2)CC1. The number of morpholine rings is 1. The molecule has 0 aliphatic carbocycles. The molecule has 184 valence electrons. The average molecular weight is 483 g/mol. The first kappa shape index (κ1) is 25.4. The summed E-state index contributed by atoms with van der Waals surface area (Å²) in [7, 11) is 1.49. The van der Waals surface area contributed by atoms with Crippen LogP contribution in [0.4, 0.5) is 10.5 Å². The Balaban J connectivity index is 1.43. The van der Waals surface area contributed by atoms with Crippen molar-refractivity contribution in [3.8, 4) is 5.75 Å². The largest absolute Gasteiger partial charge is 0.496 e. The van der Waals surface area contributed by atoms with Crippen LogP contribution in [0.5, 0.6) is 5.75 Å². The number of hydrogen-bond acceptors (Lipinski definition) is 7. The summed E-state index contributed by atoms with van der Waals surface area (Å²) in [5.74, 6) is 0.636. The van der Waals surface area contributed by atoms with Crippen LogP contribution < -0.4 is 15.8 Å². The predicted molar refractivity (Wildman–Crippen MR) is 127 cm³/mol. The highest BCUT2D eigenvalue weighted by Crippen LogP contribution is 2.28. The van der Waals surface area contributed by atoms with Crippen LogP contribution in [0.2, 0.25) is 5.02 Å². The van der Waals surface area contributed by atoms with Crippen LogP contribution in [0.25, 0.3) is 0 Å². The monoisotopic (exact) mass is 482 g/mol. The van der Waals surface area contributed by atoms with Crippen LogP contribution in [0.3, 0.4) is 0 Å². The Morgan fingerprint density at radius 1 is 1.27 bits per heavy atom. The molecule has 0 radical (unpaired) electrons. The Labute approximate surface area is 200 Å². The van der Waals surface area contributed by atoms with Crippen molar-refractivity contribution in [1.29, 1.82) is 0 Å². The number of methoxy groups -OCH3 is 1. The second kappa shape index (κ2) is 12.3. The molecule has 1 unspecified atom stereocenters. The number of nitrogen functional groups attached to an aromatic ring is 1. The first-order valence-electron chi connectivity index (χ1n) is 11.6. The molecule has 0 bridgehead atoms. The maximum Gasteiger partial charge on any atom is 0.409 e. The van der Waals surface area contributed by atoms with Crippen LogP contribution in [0.1, 0.15) is 36.5 Å². The van der Waals surface area contributed by atoms with Crippen molar-refractivity contribution in [3.05, 3.63) is 22.7 Å². The van der Waals surface area contributed by atoms with E-state index in [9.17, 15) is 9.59 Å². The van der Waals surface area contributed by atoms with E-state index in [2.05, 4.69) is 10.2 Å². The number of nitrogens with zero attached hydrogens (tertiary/aromatic N) is 2. The van der Waals surface area contributed by atoms with Gasteiger partial charge < -0.3 is 30.2 Å². The first-order valence-corrected chi connectivity index (χ1v) is 12.0. The summed E-state index contributed by atoms with van der Waals surface area (Å²) < 4.78 is 16.4. The number of nitrogens with one attached hydrogen (secondary N) is 1. The van der Waals surface area contributed by atoms with Gasteiger partial charge in [-0.25, -0.2) is 4.79 Å². The zero-order chi connectivity index (χ0) is 23.8.